The van der Waals surface area contributed by atoms with Crippen molar-refractivity contribution in [3.63, 3.8) is 0 Å². The Bertz CT molecular complexity index is 201. The predicted octanol–water partition coefficient (Wildman–Crippen LogP) is 0.743. The van der Waals surface area contributed by atoms with E-state index in [2.05, 4.69) is 12.2 Å². The molecule has 3 heteroatoms. The van der Waals surface area contributed by atoms with Crippen molar-refractivity contribution in [3.8, 4) is 0 Å². The van der Waals surface area contributed by atoms with E-state index in [0.717, 1.165) is 12.5 Å². The highest BCUT2D eigenvalue weighted by Crippen LogP contribution is 2.36. The van der Waals surface area contributed by atoms with E-state index in [1.165, 1.54) is 6.42 Å². The maximum Gasteiger partial charge on any atom is 0.226 e. The zero-order chi connectivity index (χ0) is 10.1. The lowest BCUT2D eigenvalue weighted by molar-refractivity contribution is -0.128. The Balaban J connectivity index is 2.24. The van der Waals surface area contributed by atoms with Gasteiger partial charge in [-0.25, -0.2) is 0 Å². The summed E-state index contributed by atoms with van der Waals surface area (Å²) in [6.07, 6.45) is 1.25. The highest BCUT2D eigenvalue weighted by molar-refractivity contribution is 5.82. The summed E-state index contributed by atoms with van der Waals surface area (Å²) in [4.78, 5) is 11.5. The number of nitrogens with one attached hydrogen (secondary N) is 1. The summed E-state index contributed by atoms with van der Waals surface area (Å²) in [6, 6.07) is 0. The van der Waals surface area contributed by atoms with Gasteiger partial charge in [0.25, 0.3) is 0 Å². The van der Waals surface area contributed by atoms with Crippen LogP contribution in [0.3, 0.4) is 0 Å². The standard InChI is InChI=1S/C10H20N2O/c1-7-4-8(7)5-12-9(13)10(2,3)6-11/h7-8H,4-6,11H2,1-3H3,(H,12,13). The second-order valence-corrected chi connectivity index (χ2v) is 4.77. The topological polar surface area (TPSA) is 55.1 Å². The molecule has 0 aromatic heterocycles. The van der Waals surface area contributed by atoms with Gasteiger partial charge in [-0.05, 0) is 32.1 Å². The summed E-state index contributed by atoms with van der Waals surface area (Å²) < 4.78 is 0. The van der Waals surface area contributed by atoms with Crippen LogP contribution < -0.4 is 11.1 Å². The van der Waals surface area contributed by atoms with E-state index >= 15 is 0 Å². The third-order valence-electron chi connectivity index (χ3n) is 2.93. The van der Waals surface area contributed by atoms with Crippen molar-refractivity contribution in [3.05, 3.63) is 0 Å². The van der Waals surface area contributed by atoms with Crippen molar-refractivity contribution in [2.75, 3.05) is 13.1 Å². The second-order valence-electron chi connectivity index (χ2n) is 4.77. The van der Waals surface area contributed by atoms with E-state index in [1.807, 2.05) is 13.8 Å². The summed E-state index contributed by atoms with van der Waals surface area (Å²) in [5.74, 6) is 1.58. The lowest BCUT2D eigenvalue weighted by Crippen LogP contribution is -2.42. The van der Waals surface area contributed by atoms with E-state index < -0.39 is 5.41 Å². The lowest BCUT2D eigenvalue weighted by atomic mass is 9.93. The largest absolute Gasteiger partial charge is 0.355 e. The summed E-state index contributed by atoms with van der Waals surface area (Å²) in [7, 11) is 0. The predicted molar refractivity (Wildman–Crippen MR) is 53.1 cm³/mol. The zero-order valence-corrected chi connectivity index (χ0v) is 8.76. The van der Waals surface area contributed by atoms with Crippen LogP contribution >= 0.6 is 0 Å². The molecule has 2 unspecified atom stereocenters. The Labute approximate surface area is 80.1 Å². The SMILES string of the molecule is CC1CC1CNC(=O)C(C)(C)CN. The average Bonchev–Trinajstić information content (AvgIpc) is 2.77. The van der Waals surface area contributed by atoms with E-state index in [9.17, 15) is 4.79 Å². The van der Waals surface area contributed by atoms with Gasteiger partial charge < -0.3 is 11.1 Å². The first-order chi connectivity index (χ1) is 5.97. The van der Waals surface area contributed by atoms with Crippen molar-refractivity contribution >= 4 is 5.91 Å². The molecule has 1 aliphatic carbocycles. The van der Waals surface area contributed by atoms with E-state index in [-0.39, 0.29) is 5.91 Å². The van der Waals surface area contributed by atoms with Crippen LogP contribution in [0.5, 0.6) is 0 Å². The quantitative estimate of drug-likeness (QED) is 0.677. The molecule has 2 atom stereocenters. The number of hydrogen-bond acceptors (Lipinski definition) is 2. The number of carbonyl (C=O) groups excluding carboxylic acids is 1. The number of carbonyl (C=O) groups is 1. The molecule has 0 saturated heterocycles. The van der Waals surface area contributed by atoms with E-state index in [0.29, 0.717) is 12.5 Å². The smallest absolute Gasteiger partial charge is 0.226 e. The molecular formula is C10H20N2O. The lowest BCUT2D eigenvalue weighted by Gasteiger charge is -2.21. The fourth-order valence-corrected chi connectivity index (χ4v) is 1.24. The molecule has 1 aliphatic rings. The molecule has 3 nitrogen and oxygen atoms in total. The molecule has 1 saturated carbocycles. The third kappa shape index (κ3) is 2.69. The van der Waals surface area contributed by atoms with Crippen LogP contribution in [-0.4, -0.2) is 19.0 Å². The van der Waals surface area contributed by atoms with Crippen molar-refractivity contribution in [1.82, 2.24) is 5.32 Å². The molecule has 1 amide bonds. The number of rotatable bonds is 4. The van der Waals surface area contributed by atoms with Crippen molar-refractivity contribution in [1.29, 1.82) is 0 Å². The van der Waals surface area contributed by atoms with Crippen molar-refractivity contribution < 1.29 is 4.79 Å². The van der Waals surface area contributed by atoms with E-state index in [1.54, 1.807) is 0 Å². The normalized spacial score (nSPS) is 27.1. The maximum absolute atomic E-state index is 11.5. The minimum absolute atomic E-state index is 0.0779. The maximum atomic E-state index is 11.5. The van der Waals surface area contributed by atoms with Gasteiger partial charge in [-0.2, -0.15) is 0 Å². The van der Waals surface area contributed by atoms with Crippen molar-refractivity contribution in [2.24, 2.45) is 23.0 Å². The van der Waals surface area contributed by atoms with Gasteiger partial charge in [0.15, 0.2) is 0 Å². The first kappa shape index (κ1) is 10.5. The zero-order valence-electron chi connectivity index (χ0n) is 8.76. The van der Waals surface area contributed by atoms with Gasteiger partial charge in [-0.3, -0.25) is 4.79 Å². The van der Waals surface area contributed by atoms with Crippen LogP contribution in [-0.2, 0) is 4.79 Å². The molecule has 0 heterocycles. The molecule has 0 aromatic rings. The highest BCUT2D eigenvalue weighted by Gasteiger charge is 2.34. The van der Waals surface area contributed by atoms with Gasteiger partial charge in [-0.15, -0.1) is 0 Å². The second kappa shape index (κ2) is 3.66. The molecular weight excluding hydrogens is 164 g/mol. The summed E-state index contributed by atoms with van der Waals surface area (Å²) >= 11 is 0. The first-order valence-electron chi connectivity index (χ1n) is 4.95. The van der Waals surface area contributed by atoms with Crippen LogP contribution in [0.25, 0.3) is 0 Å². The molecule has 3 N–H and O–H groups in total. The molecule has 1 fully saturated rings. The fraction of sp³-hybridized carbons (Fsp3) is 0.900. The summed E-state index contributed by atoms with van der Waals surface area (Å²) in [5.41, 5.74) is 5.08. The van der Waals surface area contributed by atoms with E-state index in [4.69, 9.17) is 5.73 Å². The minimum Gasteiger partial charge on any atom is -0.355 e. The molecule has 0 radical (unpaired) electrons. The minimum atomic E-state index is -0.419. The molecule has 13 heavy (non-hydrogen) atoms. The summed E-state index contributed by atoms with van der Waals surface area (Å²) in [5, 5.41) is 2.95. The molecule has 1 rings (SSSR count). The van der Waals surface area contributed by atoms with Crippen LogP contribution in [0.2, 0.25) is 0 Å². The number of nitrogens with two attached hydrogens (primary N) is 1. The van der Waals surface area contributed by atoms with Crippen LogP contribution in [0.4, 0.5) is 0 Å². The van der Waals surface area contributed by atoms with Gasteiger partial charge in [0.2, 0.25) is 5.91 Å². The molecule has 0 aromatic carbocycles. The van der Waals surface area contributed by atoms with Gasteiger partial charge in [0.05, 0.1) is 5.41 Å². The number of hydrogen-bond donors (Lipinski definition) is 2. The Morgan fingerprint density at radius 1 is 1.62 bits per heavy atom. The first-order valence-corrected chi connectivity index (χ1v) is 4.95. The van der Waals surface area contributed by atoms with Gasteiger partial charge in [0.1, 0.15) is 0 Å². The highest BCUT2D eigenvalue weighted by atomic mass is 16.2. The average molecular weight is 184 g/mol. The molecule has 76 valence electrons. The molecule has 0 aliphatic heterocycles. The molecule has 0 spiro atoms. The third-order valence-corrected chi connectivity index (χ3v) is 2.93. The Kier molecular flexibility index (Phi) is 2.96. The Morgan fingerprint density at radius 3 is 2.54 bits per heavy atom. The number of amides is 1. The van der Waals surface area contributed by atoms with Crippen LogP contribution in [0.1, 0.15) is 27.2 Å². The van der Waals surface area contributed by atoms with Gasteiger partial charge in [0, 0.05) is 13.1 Å². The summed E-state index contributed by atoms with van der Waals surface area (Å²) in [6.45, 7) is 7.19. The van der Waals surface area contributed by atoms with Crippen LogP contribution in [0.15, 0.2) is 0 Å². The molecule has 0 bridgehead atoms. The van der Waals surface area contributed by atoms with Gasteiger partial charge >= 0.3 is 0 Å². The monoisotopic (exact) mass is 184 g/mol. The van der Waals surface area contributed by atoms with Crippen molar-refractivity contribution in [2.45, 2.75) is 27.2 Å². The Morgan fingerprint density at radius 2 is 2.15 bits per heavy atom. The Hall–Kier alpha value is -0.570. The van der Waals surface area contributed by atoms with Gasteiger partial charge in [-0.1, -0.05) is 6.92 Å². The fourth-order valence-electron chi connectivity index (χ4n) is 1.24. The van der Waals surface area contributed by atoms with Crippen LogP contribution in [0, 0.1) is 17.3 Å².